The van der Waals surface area contributed by atoms with Crippen LogP contribution in [0.25, 0.3) is 16.6 Å². The van der Waals surface area contributed by atoms with Crippen molar-refractivity contribution in [1.82, 2.24) is 8.75 Å². The molecule has 1 unspecified atom stereocenters. The highest BCUT2D eigenvalue weighted by Gasteiger charge is 2.48. The van der Waals surface area contributed by atoms with Crippen molar-refractivity contribution in [3.05, 3.63) is 155 Å². The molecule has 49 heavy (non-hydrogen) atoms. The summed E-state index contributed by atoms with van der Waals surface area (Å²) in [5.41, 5.74) is 5.58. The van der Waals surface area contributed by atoms with Gasteiger partial charge in [-0.05, 0) is 71.3 Å². The van der Waals surface area contributed by atoms with Crippen molar-refractivity contribution < 1.29 is 33.6 Å². The maximum absolute atomic E-state index is 13.4. The number of nitrogens with zero attached hydrogens (tertiary/aromatic N) is 2. The van der Waals surface area contributed by atoms with Crippen LogP contribution in [0.5, 0.6) is 17.2 Å². The fourth-order valence-corrected chi connectivity index (χ4v) is 6.05. The first kappa shape index (κ1) is 33.1. The summed E-state index contributed by atoms with van der Waals surface area (Å²) in [5.74, 6) is -0.699. The molecule has 0 bridgehead atoms. The average Bonchev–Trinajstić information content (AvgIpc) is 3.72. The van der Waals surface area contributed by atoms with E-state index in [9.17, 15) is 14.7 Å². The number of benzene rings is 5. The molecule has 0 radical (unpaired) electrons. The zero-order valence-corrected chi connectivity index (χ0v) is 27.6. The predicted molar refractivity (Wildman–Crippen MR) is 187 cm³/mol. The smallest absolute Gasteiger partial charge is 0.342 e. The minimum absolute atomic E-state index is 0.223. The lowest BCUT2D eigenvalue weighted by Gasteiger charge is -2.26. The molecule has 0 saturated carbocycles. The van der Waals surface area contributed by atoms with Gasteiger partial charge < -0.3 is 24.1 Å². The maximum atomic E-state index is 13.4. The first-order chi connectivity index (χ1) is 23.9. The van der Waals surface area contributed by atoms with Crippen LogP contribution >= 0.6 is 11.7 Å². The first-order valence-electron chi connectivity index (χ1n) is 15.3. The summed E-state index contributed by atoms with van der Waals surface area (Å²) in [6, 6.07) is 36.8. The molecule has 2 heterocycles. The largest absolute Gasteiger partial charge is 0.496 e. The number of hydrogen-bond acceptors (Lipinski definition) is 10. The first-order valence-corrected chi connectivity index (χ1v) is 16.1. The Kier molecular flexibility index (Phi) is 10.1. The summed E-state index contributed by atoms with van der Waals surface area (Å²) in [5, 5.41) is 12.0. The van der Waals surface area contributed by atoms with Crippen LogP contribution in [0, 0.1) is 0 Å². The van der Waals surface area contributed by atoms with Crippen LogP contribution in [-0.2, 0) is 28.3 Å². The van der Waals surface area contributed by atoms with Crippen molar-refractivity contribution in [2.75, 3.05) is 14.2 Å². The standard InChI is InChI=1S/C31H24N2O5S.C8H8O2/c1-36-28-10-6-5-9-21(28)17-25-29(22-11-16-26-27(18-22)33-39-32-26)30(34)38-31(25,35)23-12-14-24(15-13-23)37-19-20-7-3-2-4-8-20;1-10-8-5-3-2-4-7(8)6-9/h2-16,18,35H,17,19H2,1H3;2-6H,1H3. The molecule has 0 spiro atoms. The molecule has 1 aliphatic heterocycles. The van der Waals surface area contributed by atoms with Gasteiger partial charge >= 0.3 is 5.97 Å². The van der Waals surface area contributed by atoms with E-state index in [0.717, 1.165) is 34.7 Å². The zero-order valence-electron chi connectivity index (χ0n) is 26.7. The normalized spacial score (nSPS) is 15.3. The third kappa shape index (κ3) is 7.20. The van der Waals surface area contributed by atoms with E-state index in [2.05, 4.69) is 8.75 Å². The Bertz CT molecular complexity index is 2110. The molecule has 1 N–H and O–H groups in total. The van der Waals surface area contributed by atoms with Gasteiger partial charge in [-0.2, -0.15) is 8.75 Å². The third-order valence-electron chi connectivity index (χ3n) is 8.02. The van der Waals surface area contributed by atoms with E-state index in [0.29, 0.717) is 57.2 Å². The number of aliphatic hydroxyl groups is 1. The number of ether oxygens (including phenoxy) is 4. The summed E-state index contributed by atoms with van der Waals surface area (Å²) in [4.78, 5) is 23.7. The Labute approximate surface area is 287 Å². The molecule has 0 saturated heterocycles. The fraction of sp³-hybridized carbons (Fsp3) is 0.128. The number of rotatable bonds is 10. The van der Waals surface area contributed by atoms with E-state index in [4.69, 9.17) is 18.9 Å². The molecule has 0 amide bonds. The van der Waals surface area contributed by atoms with Gasteiger partial charge in [0.05, 0.1) is 37.1 Å². The number of esters is 1. The minimum atomic E-state index is -1.99. The number of cyclic esters (lactones) is 1. The van der Waals surface area contributed by atoms with Gasteiger partial charge in [0.1, 0.15) is 34.9 Å². The van der Waals surface area contributed by atoms with Gasteiger partial charge in [0.2, 0.25) is 0 Å². The Balaban J connectivity index is 0.000000359. The SMILES string of the molecule is COc1ccccc1C=O.COc1ccccc1CC1=C(c2ccc3nsnc3c2)C(=O)OC1(O)c1ccc(OCc2ccccc2)cc1. The zero-order chi connectivity index (χ0) is 34.2. The highest BCUT2D eigenvalue weighted by Crippen LogP contribution is 2.46. The Morgan fingerprint density at radius 2 is 1.47 bits per heavy atom. The van der Waals surface area contributed by atoms with E-state index in [1.165, 1.54) is 0 Å². The van der Waals surface area contributed by atoms with Crippen molar-refractivity contribution in [1.29, 1.82) is 0 Å². The lowest BCUT2D eigenvalue weighted by molar-refractivity contribution is -0.185. The van der Waals surface area contributed by atoms with Gasteiger partial charge in [0, 0.05) is 17.6 Å². The number of aldehydes is 1. The van der Waals surface area contributed by atoms with Crippen molar-refractivity contribution in [2.45, 2.75) is 18.8 Å². The van der Waals surface area contributed by atoms with Gasteiger partial charge in [-0.25, -0.2) is 4.79 Å². The molecule has 0 fully saturated rings. The van der Waals surface area contributed by atoms with Crippen LogP contribution in [0.2, 0.25) is 0 Å². The second kappa shape index (κ2) is 14.9. The van der Waals surface area contributed by atoms with Crippen LogP contribution in [0.4, 0.5) is 0 Å². The number of fused-ring (bicyclic) bond motifs is 1. The Morgan fingerprint density at radius 1 is 0.796 bits per heavy atom. The molecule has 9 nitrogen and oxygen atoms in total. The molecule has 7 rings (SSSR count). The van der Waals surface area contributed by atoms with Gasteiger partial charge in [-0.15, -0.1) is 0 Å². The number of para-hydroxylation sites is 2. The number of methoxy groups -OCH3 is 2. The van der Waals surface area contributed by atoms with E-state index in [1.807, 2.05) is 66.7 Å². The molecule has 10 heteroatoms. The fourth-order valence-electron chi connectivity index (χ4n) is 5.53. The van der Waals surface area contributed by atoms with E-state index < -0.39 is 11.8 Å². The van der Waals surface area contributed by atoms with Crippen LogP contribution in [0.15, 0.2) is 127 Å². The second-order valence-corrected chi connectivity index (χ2v) is 11.5. The maximum Gasteiger partial charge on any atom is 0.342 e. The number of aromatic nitrogens is 2. The van der Waals surface area contributed by atoms with Gasteiger partial charge in [-0.3, -0.25) is 4.79 Å². The predicted octanol–water partition coefficient (Wildman–Crippen LogP) is 7.19. The summed E-state index contributed by atoms with van der Waals surface area (Å²) < 4.78 is 30.7. The molecule has 246 valence electrons. The number of carbonyl (C=O) groups excluding carboxylic acids is 2. The summed E-state index contributed by atoms with van der Waals surface area (Å²) in [6.07, 6.45) is 1.00. The van der Waals surface area contributed by atoms with Gasteiger partial charge in [0.15, 0.2) is 6.29 Å². The molecular formula is C39H32N2O7S. The Morgan fingerprint density at radius 3 is 2.18 bits per heavy atom. The minimum Gasteiger partial charge on any atom is -0.496 e. The Hall–Kier alpha value is -5.84. The van der Waals surface area contributed by atoms with Crippen LogP contribution in [-0.4, -0.2) is 40.3 Å². The molecule has 5 aromatic carbocycles. The highest BCUT2D eigenvalue weighted by molar-refractivity contribution is 7.00. The quantitative estimate of drug-likeness (QED) is 0.119. The van der Waals surface area contributed by atoms with Crippen LogP contribution in [0.3, 0.4) is 0 Å². The van der Waals surface area contributed by atoms with Crippen molar-refractivity contribution >= 4 is 40.6 Å². The van der Waals surface area contributed by atoms with Crippen LogP contribution < -0.4 is 14.2 Å². The third-order valence-corrected chi connectivity index (χ3v) is 8.57. The van der Waals surface area contributed by atoms with Crippen molar-refractivity contribution in [2.24, 2.45) is 0 Å². The summed E-state index contributed by atoms with van der Waals surface area (Å²) in [7, 11) is 3.14. The molecule has 1 aliphatic rings. The number of hydrogen-bond donors (Lipinski definition) is 1. The van der Waals surface area contributed by atoms with E-state index >= 15 is 0 Å². The summed E-state index contributed by atoms with van der Waals surface area (Å²) >= 11 is 1.10. The molecule has 6 aromatic rings. The lowest BCUT2D eigenvalue weighted by Crippen LogP contribution is -2.29. The molecule has 0 aliphatic carbocycles. The average molecular weight is 673 g/mol. The van der Waals surface area contributed by atoms with E-state index in [1.54, 1.807) is 68.8 Å². The second-order valence-electron chi connectivity index (χ2n) is 11.0. The highest BCUT2D eigenvalue weighted by atomic mass is 32.1. The van der Waals surface area contributed by atoms with Gasteiger partial charge in [0.25, 0.3) is 5.79 Å². The lowest BCUT2D eigenvalue weighted by atomic mass is 9.87. The molecular weight excluding hydrogens is 641 g/mol. The number of carbonyl (C=O) groups is 2. The summed E-state index contributed by atoms with van der Waals surface area (Å²) in [6.45, 7) is 0.413. The topological polar surface area (TPSA) is 117 Å². The van der Waals surface area contributed by atoms with Crippen LogP contribution in [0.1, 0.15) is 32.6 Å². The van der Waals surface area contributed by atoms with Crippen molar-refractivity contribution in [3.63, 3.8) is 0 Å². The van der Waals surface area contributed by atoms with E-state index in [-0.39, 0.29) is 6.42 Å². The molecule has 1 aromatic heterocycles. The van der Waals surface area contributed by atoms with Gasteiger partial charge in [-0.1, -0.05) is 66.7 Å². The monoisotopic (exact) mass is 672 g/mol. The van der Waals surface area contributed by atoms with Crippen molar-refractivity contribution in [3.8, 4) is 17.2 Å². The molecule has 1 atom stereocenters.